The highest BCUT2D eigenvalue weighted by atomic mass is 16.5. The Morgan fingerprint density at radius 2 is 1.56 bits per heavy atom. The topological polar surface area (TPSA) is 110 Å². The maximum atomic E-state index is 10.9. The second-order valence-electron chi connectivity index (χ2n) is 7.59. The molecule has 6 heteroatoms. The smallest absolute Gasteiger partial charge is 0.128 e. The van der Waals surface area contributed by atoms with E-state index in [1.807, 2.05) is 6.92 Å². The first-order valence-corrected chi connectivity index (χ1v) is 10.1. The number of hydrogen-bond acceptors (Lipinski definition) is 6. The largest absolute Gasteiger partial charge is 0.508 e. The van der Waals surface area contributed by atoms with E-state index in [2.05, 4.69) is 6.92 Å². The third kappa shape index (κ3) is 4.74. The van der Waals surface area contributed by atoms with Gasteiger partial charge in [0.25, 0.3) is 0 Å². The van der Waals surface area contributed by atoms with Gasteiger partial charge in [0.05, 0.1) is 6.10 Å². The normalized spacial score (nSPS) is 28.4. The van der Waals surface area contributed by atoms with Crippen LogP contribution in [0, 0.1) is 0 Å². The lowest BCUT2D eigenvalue weighted by molar-refractivity contribution is -0.220. The number of aromatic hydroxyl groups is 2. The zero-order valence-electron chi connectivity index (χ0n) is 16.6. The predicted molar refractivity (Wildman–Crippen MR) is 103 cm³/mol. The molecule has 27 heavy (non-hydrogen) atoms. The SMILES string of the molecule is CCCCCc1cc(O)c(CCCC)c(O)c1[C@@H]1O[C@H](C)[C@H](O)[C@@H](O)[C@H]1O. The van der Waals surface area contributed by atoms with Crippen LogP contribution in [0.5, 0.6) is 11.5 Å². The van der Waals surface area contributed by atoms with Gasteiger partial charge in [-0.1, -0.05) is 33.1 Å². The van der Waals surface area contributed by atoms with Gasteiger partial charge in [-0.15, -0.1) is 0 Å². The second-order valence-corrected chi connectivity index (χ2v) is 7.59. The minimum atomic E-state index is -1.37. The molecule has 1 aromatic rings. The first-order chi connectivity index (χ1) is 12.8. The van der Waals surface area contributed by atoms with Crippen LogP contribution < -0.4 is 0 Å². The number of aliphatic hydroxyl groups excluding tert-OH is 3. The van der Waals surface area contributed by atoms with E-state index < -0.39 is 30.5 Å². The van der Waals surface area contributed by atoms with Crippen molar-refractivity contribution in [3.8, 4) is 11.5 Å². The Balaban J connectivity index is 2.49. The lowest BCUT2D eigenvalue weighted by Crippen LogP contribution is -2.53. The summed E-state index contributed by atoms with van der Waals surface area (Å²) in [4.78, 5) is 0. The molecule has 0 unspecified atom stereocenters. The van der Waals surface area contributed by atoms with Crippen molar-refractivity contribution in [2.45, 2.75) is 96.2 Å². The Labute approximate surface area is 161 Å². The van der Waals surface area contributed by atoms with Crippen LogP contribution in [0.1, 0.15) is 75.7 Å². The van der Waals surface area contributed by atoms with Crippen molar-refractivity contribution >= 4 is 0 Å². The highest BCUT2D eigenvalue weighted by molar-refractivity contribution is 5.54. The first-order valence-electron chi connectivity index (χ1n) is 10.1. The third-order valence-corrected chi connectivity index (χ3v) is 5.47. The molecule has 0 bridgehead atoms. The molecule has 1 aliphatic heterocycles. The van der Waals surface area contributed by atoms with E-state index in [-0.39, 0.29) is 11.5 Å². The molecular formula is C21H34O6. The molecule has 0 saturated carbocycles. The van der Waals surface area contributed by atoms with E-state index in [0.29, 0.717) is 29.5 Å². The number of phenols is 2. The van der Waals surface area contributed by atoms with Gasteiger partial charge in [-0.25, -0.2) is 0 Å². The molecule has 6 nitrogen and oxygen atoms in total. The molecule has 0 aromatic heterocycles. The van der Waals surface area contributed by atoms with E-state index in [1.165, 1.54) is 0 Å². The molecule has 2 rings (SSSR count). The molecule has 1 heterocycles. The number of benzene rings is 1. The van der Waals surface area contributed by atoms with Crippen LogP contribution in [-0.2, 0) is 17.6 Å². The van der Waals surface area contributed by atoms with Gasteiger partial charge in [-0.3, -0.25) is 0 Å². The maximum Gasteiger partial charge on any atom is 0.128 e. The molecule has 1 saturated heterocycles. The number of ether oxygens (including phenoxy) is 1. The Bertz CT molecular complexity index is 617. The number of phenolic OH excluding ortho intramolecular Hbond substituents is 2. The van der Waals surface area contributed by atoms with Crippen molar-refractivity contribution < 1.29 is 30.3 Å². The van der Waals surface area contributed by atoms with E-state index in [9.17, 15) is 25.5 Å². The highest BCUT2D eigenvalue weighted by Crippen LogP contribution is 2.44. The fourth-order valence-electron chi connectivity index (χ4n) is 3.75. The maximum absolute atomic E-state index is 10.9. The van der Waals surface area contributed by atoms with Crippen molar-refractivity contribution in [2.75, 3.05) is 0 Å². The minimum absolute atomic E-state index is 0.0510. The van der Waals surface area contributed by atoms with Crippen LogP contribution in [0.15, 0.2) is 6.07 Å². The summed E-state index contributed by atoms with van der Waals surface area (Å²) in [6, 6.07) is 1.65. The summed E-state index contributed by atoms with van der Waals surface area (Å²) in [6.45, 7) is 5.75. The minimum Gasteiger partial charge on any atom is -0.508 e. The van der Waals surface area contributed by atoms with Gasteiger partial charge in [-0.2, -0.15) is 0 Å². The first kappa shape index (κ1) is 22.0. The second kappa shape index (κ2) is 9.73. The van der Waals surface area contributed by atoms with E-state index in [1.54, 1.807) is 13.0 Å². The summed E-state index contributed by atoms with van der Waals surface area (Å²) >= 11 is 0. The fraction of sp³-hybridized carbons (Fsp3) is 0.714. The fourth-order valence-corrected chi connectivity index (χ4v) is 3.75. The van der Waals surface area contributed by atoms with Crippen LogP contribution in [0.4, 0.5) is 0 Å². The Hall–Kier alpha value is -1.34. The van der Waals surface area contributed by atoms with E-state index in [0.717, 1.165) is 32.1 Å². The zero-order valence-corrected chi connectivity index (χ0v) is 16.6. The number of hydrogen-bond donors (Lipinski definition) is 5. The third-order valence-electron chi connectivity index (χ3n) is 5.47. The molecule has 5 atom stereocenters. The summed E-state index contributed by atoms with van der Waals surface area (Å²) in [5.41, 5.74) is 1.56. The number of aliphatic hydroxyl groups is 3. The van der Waals surface area contributed by atoms with Crippen molar-refractivity contribution in [2.24, 2.45) is 0 Å². The molecule has 1 fully saturated rings. The Kier molecular flexibility index (Phi) is 7.91. The van der Waals surface area contributed by atoms with Crippen LogP contribution in [0.25, 0.3) is 0 Å². The van der Waals surface area contributed by atoms with Crippen molar-refractivity contribution in [3.63, 3.8) is 0 Å². The van der Waals surface area contributed by atoms with Crippen LogP contribution >= 0.6 is 0 Å². The number of unbranched alkanes of at least 4 members (excludes halogenated alkanes) is 3. The van der Waals surface area contributed by atoms with Gasteiger partial charge < -0.3 is 30.3 Å². The quantitative estimate of drug-likeness (QED) is 0.442. The van der Waals surface area contributed by atoms with E-state index in [4.69, 9.17) is 4.74 Å². The molecule has 154 valence electrons. The monoisotopic (exact) mass is 382 g/mol. The Morgan fingerprint density at radius 3 is 2.19 bits per heavy atom. The number of aryl methyl sites for hydroxylation is 1. The molecule has 0 aliphatic carbocycles. The average Bonchev–Trinajstić information content (AvgIpc) is 2.63. The molecule has 1 aliphatic rings. The van der Waals surface area contributed by atoms with Gasteiger partial charge in [0, 0.05) is 11.1 Å². The Morgan fingerprint density at radius 1 is 0.889 bits per heavy atom. The highest BCUT2D eigenvalue weighted by Gasteiger charge is 2.44. The zero-order chi connectivity index (χ0) is 20.1. The van der Waals surface area contributed by atoms with Crippen LogP contribution in [0.3, 0.4) is 0 Å². The van der Waals surface area contributed by atoms with Gasteiger partial charge in [0.1, 0.15) is 35.9 Å². The summed E-state index contributed by atoms with van der Waals surface area (Å²) in [7, 11) is 0. The summed E-state index contributed by atoms with van der Waals surface area (Å²) in [6.07, 6.45) is 0.192. The standard InChI is InChI=1S/C21H34O6/c1-4-6-8-9-13-11-15(22)14(10-7-5-2)18(24)16(13)21-20(26)19(25)17(23)12(3)27-21/h11-12,17,19-26H,4-10H2,1-3H3/t12-,17+,19-,20-,21+/m1/s1. The van der Waals surface area contributed by atoms with Crippen LogP contribution in [-0.4, -0.2) is 49.9 Å². The van der Waals surface area contributed by atoms with Gasteiger partial charge >= 0.3 is 0 Å². The van der Waals surface area contributed by atoms with Crippen LogP contribution in [0.2, 0.25) is 0 Å². The lowest BCUT2D eigenvalue weighted by Gasteiger charge is -2.40. The van der Waals surface area contributed by atoms with Crippen molar-refractivity contribution in [1.82, 2.24) is 0 Å². The summed E-state index contributed by atoms with van der Waals surface area (Å²) < 4.78 is 5.79. The molecule has 0 amide bonds. The average molecular weight is 382 g/mol. The van der Waals surface area contributed by atoms with Crippen molar-refractivity contribution in [3.05, 3.63) is 22.8 Å². The molecule has 1 aromatic carbocycles. The summed E-state index contributed by atoms with van der Waals surface area (Å²) in [5.74, 6) is -0.0232. The molecular weight excluding hydrogens is 348 g/mol. The van der Waals surface area contributed by atoms with Gasteiger partial charge in [0.15, 0.2) is 0 Å². The van der Waals surface area contributed by atoms with Crippen molar-refractivity contribution in [1.29, 1.82) is 0 Å². The number of rotatable bonds is 8. The molecule has 0 radical (unpaired) electrons. The predicted octanol–water partition coefficient (Wildman–Crippen LogP) is 2.72. The molecule has 5 N–H and O–H groups in total. The molecule has 0 spiro atoms. The van der Waals surface area contributed by atoms with Gasteiger partial charge in [-0.05, 0) is 44.2 Å². The van der Waals surface area contributed by atoms with Gasteiger partial charge in [0.2, 0.25) is 0 Å². The van der Waals surface area contributed by atoms with E-state index >= 15 is 0 Å². The summed E-state index contributed by atoms with van der Waals surface area (Å²) in [5, 5.41) is 52.1. The lowest BCUT2D eigenvalue weighted by atomic mass is 9.85.